The number of carbonyl (C=O) groups is 3. The Morgan fingerprint density at radius 3 is 2.36 bits per heavy atom. The lowest BCUT2D eigenvalue weighted by atomic mass is 10.1. The van der Waals surface area contributed by atoms with Crippen LogP contribution in [0.25, 0.3) is 0 Å². The van der Waals surface area contributed by atoms with E-state index in [0.29, 0.717) is 26.9 Å². The number of hydrogen-bond donors (Lipinski definition) is 0. The molecule has 1 heterocycles. The van der Waals surface area contributed by atoms with Crippen LogP contribution in [-0.4, -0.2) is 34.6 Å². The third kappa shape index (κ3) is 6.07. The summed E-state index contributed by atoms with van der Waals surface area (Å²) in [5.41, 5.74) is 1.40. The smallest absolute Gasteiger partial charge is 0.235 e. The SMILES string of the molecule is COc1ccnc(C(=O)CC(=O)N(Cc2ccc(Cl)c(Cl)c2)c2ccc(C(C)=O)c(Cl)c2)n1. The summed E-state index contributed by atoms with van der Waals surface area (Å²) < 4.78 is 5.01. The van der Waals surface area contributed by atoms with Gasteiger partial charge in [-0.05, 0) is 42.8 Å². The molecule has 0 spiro atoms. The van der Waals surface area contributed by atoms with E-state index in [0.717, 1.165) is 0 Å². The maximum Gasteiger partial charge on any atom is 0.235 e. The van der Waals surface area contributed by atoms with Gasteiger partial charge >= 0.3 is 0 Å². The molecule has 0 atom stereocenters. The van der Waals surface area contributed by atoms with Crippen molar-refractivity contribution < 1.29 is 19.1 Å². The van der Waals surface area contributed by atoms with Crippen LogP contribution in [0.5, 0.6) is 5.88 Å². The van der Waals surface area contributed by atoms with E-state index in [1.165, 1.54) is 43.3 Å². The van der Waals surface area contributed by atoms with Gasteiger partial charge < -0.3 is 9.64 Å². The molecule has 7 nitrogen and oxygen atoms in total. The molecule has 1 amide bonds. The normalized spacial score (nSPS) is 10.6. The van der Waals surface area contributed by atoms with Crippen LogP contribution in [0.15, 0.2) is 48.7 Å². The number of halogens is 3. The van der Waals surface area contributed by atoms with Crippen molar-refractivity contribution in [2.24, 2.45) is 0 Å². The second kappa shape index (κ2) is 10.7. The van der Waals surface area contributed by atoms with E-state index in [9.17, 15) is 14.4 Å². The number of nitrogens with zero attached hydrogens (tertiary/aromatic N) is 3. The third-order valence-electron chi connectivity index (χ3n) is 4.67. The molecular formula is C23H18Cl3N3O4. The molecule has 0 unspecified atom stereocenters. The maximum absolute atomic E-state index is 13.2. The molecule has 0 saturated heterocycles. The fourth-order valence-corrected chi connectivity index (χ4v) is 3.63. The van der Waals surface area contributed by atoms with E-state index in [-0.39, 0.29) is 29.1 Å². The minimum absolute atomic E-state index is 0.0811. The lowest BCUT2D eigenvalue weighted by Gasteiger charge is -2.23. The molecule has 3 aromatic rings. The number of rotatable bonds is 8. The Morgan fingerprint density at radius 1 is 0.970 bits per heavy atom. The summed E-state index contributed by atoms with van der Waals surface area (Å²) in [6.07, 6.45) is 0.873. The van der Waals surface area contributed by atoms with Gasteiger partial charge in [0, 0.05) is 23.5 Å². The Balaban J connectivity index is 1.93. The standard InChI is InChI=1S/C23H18Cl3N3O4/c1-13(30)16-5-4-15(10-18(16)25)29(12-14-3-6-17(24)19(26)9-14)22(32)11-20(31)23-27-8-7-21(28-23)33-2/h3-10H,11-12H2,1-2H3. The van der Waals surface area contributed by atoms with Gasteiger partial charge in [0.25, 0.3) is 0 Å². The van der Waals surface area contributed by atoms with Crippen LogP contribution in [0.4, 0.5) is 5.69 Å². The van der Waals surface area contributed by atoms with Crippen LogP contribution in [0.2, 0.25) is 15.1 Å². The molecule has 0 N–H and O–H groups in total. The second-order valence-electron chi connectivity index (χ2n) is 6.97. The average molecular weight is 507 g/mol. The third-order valence-corrected chi connectivity index (χ3v) is 5.72. The molecule has 33 heavy (non-hydrogen) atoms. The van der Waals surface area contributed by atoms with Gasteiger partial charge in [0.2, 0.25) is 17.6 Å². The van der Waals surface area contributed by atoms with E-state index < -0.39 is 18.1 Å². The molecule has 0 bridgehead atoms. The van der Waals surface area contributed by atoms with Crippen LogP contribution >= 0.6 is 34.8 Å². The molecular weight excluding hydrogens is 489 g/mol. The van der Waals surface area contributed by atoms with Gasteiger partial charge in [-0.25, -0.2) is 4.98 Å². The van der Waals surface area contributed by atoms with Crippen LogP contribution in [0, 0.1) is 0 Å². The van der Waals surface area contributed by atoms with Gasteiger partial charge in [0.1, 0.15) is 0 Å². The fourth-order valence-electron chi connectivity index (χ4n) is 3.00. The van der Waals surface area contributed by atoms with Gasteiger partial charge in [-0.15, -0.1) is 0 Å². The van der Waals surface area contributed by atoms with Gasteiger partial charge in [0.05, 0.1) is 35.1 Å². The van der Waals surface area contributed by atoms with Crippen LogP contribution in [0.1, 0.15) is 39.9 Å². The van der Waals surface area contributed by atoms with Gasteiger partial charge in [-0.1, -0.05) is 40.9 Å². The number of methoxy groups -OCH3 is 1. The number of aromatic nitrogens is 2. The Kier molecular flexibility index (Phi) is 8.02. The predicted octanol–water partition coefficient (Wildman–Crippen LogP) is 5.45. The lowest BCUT2D eigenvalue weighted by Crippen LogP contribution is -2.32. The Bertz CT molecular complexity index is 1230. The first-order chi connectivity index (χ1) is 15.7. The molecule has 0 aliphatic carbocycles. The highest BCUT2D eigenvalue weighted by Crippen LogP contribution is 2.28. The number of carbonyl (C=O) groups excluding carboxylic acids is 3. The van der Waals surface area contributed by atoms with Crippen molar-refractivity contribution in [3.63, 3.8) is 0 Å². The van der Waals surface area contributed by atoms with Crippen molar-refractivity contribution in [1.29, 1.82) is 0 Å². The van der Waals surface area contributed by atoms with Crippen molar-refractivity contribution in [2.75, 3.05) is 12.0 Å². The Hall–Kier alpha value is -3.00. The monoisotopic (exact) mass is 505 g/mol. The predicted molar refractivity (Wildman–Crippen MR) is 127 cm³/mol. The minimum atomic E-state index is -0.579. The van der Waals surface area contributed by atoms with Crippen molar-refractivity contribution in [3.05, 3.63) is 80.7 Å². The first-order valence-electron chi connectivity index (χ1n) is 9.64. The lowest BCUT2D eigenvalue weighted by molar-refractivity contribution is -0.117. The van der Waals surface area contributed by atoms with Crippen molar-refractivity contribution in [2.45, 2.75) is 19.9 Å². The van der Waals surface area contributed by atoms with Crippen LogP contribution in [0.3, 0.4) is 0 Å². The number of Topliss-reactive ketones (excluding diaryl/α,β-unsaturated/α-hetero) is 2. The topological polar surface area (TPSA) is 89.5 Å². The number of anilines is 1. The van der Waals surface area contributed by atoms with Crippen molar-refractivity contribution in [1.82, 2.24) is 9.97 Å². The Morgan fingerprint density at radius 2 is 1.73 bits per heavy atom. The van der Waals surface area contributed by atoms with Crippen LogP contribution < -0.4 is 9.64 Å². The quantitative estimate of drug-likeness (QED) is 0.298. The number of ether oxygens (including phenoxy) is 1. The molecule has 3 rings (SSSR count). The molecule has 0 aliphatic heterocycles. The zero-order valence-electron chi connectivity index (χ0n) is 17.6. The van der Waals surface area contributed by atoms with E-state index in [2.05, 4.69) is 9.97 Å². The zero-order chi connectivity index (χ0) is 24.1. The number of ketones is 2. The van der Waals surface area contributed by atoms with E-state index in [4.69, 9.17) is 39.5 Å². The molecule has 10 heteroatoms. The summed E-state index contributed by atoms with van der Waals surface area (Å²) >= 11 is 18.4. The molecule has 0 radical (unpaired) electrons. The molecule has 170 valence electrons. The van der Waals surface area contributed by atoms with E-state index in [1.807, 2.05) is 0 Å². The first kappa shape index (κ1) is 24.6. The van der Waals surface area contributed by atoms with Crippen molar-refractivity contribution >= 4 is 58.0 Å². The first-order valence-corrected chi connectivity index (χ1v) is 10.8. The van der Waals surface area contributed by atoms with Gasteiger partial charge in [0.15, 0.2) is 11.6 Å². The zero-order valence-corrected chi connectivity index (χ0v) is 19.9. The van der Waals surface area contributed by atoms with Gasteiger partial charge in [-0.2, -0.15) is 4.98 Å². The summed E-state index contributed by atoms with van der Waals surface area (Å²) in [6.45, 7) is 1.48. The average Bonchev–Trinajstić information content (AvgIpc) is 2.79. The molecule has 0 fully saturated rings. The number of benzene rings is 2. The summed E-state index contributed by atoms with van der Waals surface area (Å²) in [5.74, 6) is -1.24. The summed E-state index contributed by atoms with van der Waals surface area (Å²) in [6, 6.07) is 11.1. The molecule has 1 aromatic heterocycles. The summed E-state index contributed by atoms with van der Waals surface area (Å²) in [4.78, 5) is 46.9. The van der Waals surface area contributed by atoms with Crippen molar-refractivity contribution in [3.8, 4) is 5.88 Å². The molecule has 0 saturated carbocycles. The summed E-state index contributed by atoms with van der Waals surface area (Å²) in [7, 11) is 1.41. The van der Waals surface area contributed by atoms with E-state index >= 15 is 0 Å². The highest BCUT2D eigenvalue weighted by atomic mass is 35.5. The number of hydrogen-bond acceptors (Lipinski definition) is 6. The molecule has 2 aromatic carbocycles. The Labute approximate surface area is 205 Å². The number of amides is 1. The highest BCUT2D eigenvalue weighted by molar-refractivity contribution is 6.42. The molecule has 0 aliphatic rings. The minimum Gasteiger partial charge on any atom is -0.481 e. The van der Waals surface area contributed by atoms with Crippen LogP contribution in [-0.2, 0) is 11.3 Å². The second-order valence-corrected chi connectivity index (χ2v) is 8.19. The largest absolute Gasteiger partial charge is 0.481 e. The fraction of sp³-hybridized carbons (Fsp3) is 0.174. The maximum atomic E-state index is 13.2. The van der Waals surface area contributed by atoms with Gasteiger partial charge in [-0.3, -0.25) is 14.4 Å². The summed E-state index contributed by atoms with van der Waals surface area (Å²) in [5, 5.41) is 0.888. The highest BCUT2D eigenvalue weighted by Gasteiger charge is 2.23. The van der Waals surface area contributed by atoms with E-state index in [1.54, 1.807) is 24.3 Å².